The smallest absolute Gasteiger partial charge is 0.316 e. The molecule has 1 aliphatic heterocycles. The maximum Gasteiger partial charge on any atom is 0.316 e. The van der Waals surface area contributed by atoms with E-state index in [0.717, 1.165) is 25.2 Å². The second kappa shape index (κ2) is 3.30. The van der Waals surface area contributed by atoms with Crippen LogP contribution in [0.15, 0.2) is 6.20 Å². The van der Waals surface area contributed by atoms with Gasteiger partial charge in [0.25, 0.3) is 0 Å². The van der Waals surface area contributed by atoms with E-state index in [4.69, 9.17) is 4.74 Å². The van der Waals surface area contributed by atoms with Gasteiger partial charge in [0.2, 0.25) is 0 Å². The van der Waals surface area contributed by atoms with Crippen molar-refractivity contribution in [3.63, 3.8) is 0 Å². The average molecular weight is 179 g/mol. The standard InChI is InChI=1S/C9H13N3O/c1-12-4-3-8-7(6-12)5-10-9(11-8)13-2/h5H,3-4,6H2,1-2H3. The molecule has 0 fully saturated rings. The fourth-order valence-electron chi connectivity index (χ4n) is 1.54. The van der Waals surface area contributed by atoms with Crippen LogP contribution in [0, 0.1) is 0 Å². The minimum absolute atomic E-state index is 0.475. The number of rotatable bonds is 1. The number of ether oxygens (including phenoxy) is 1. The van der Waals surface area contributed by atoms with Crippen molar-refractivity contribution >= 4 is 0 Å². The summed E-state index contributed by atoms with van der Waals surface area (Å²) in [5, 5.41) is 0. The number of methoxy groups -OCH3 is 1. The molecule has 0 atom stereocenters. The highest BCUT2D eigenvalue weighted by molar-refractivity contribution is 5.21. The second-order valence-electron chi connectivity index (χ2n) is 3.32. The average Bonchev–Trinajstić information content (AvgIpc) is 2.17. The highest BCUT2D eigenvalue weighted by Gasteiger charge is 2.15. The lowest BCUT2D eigenvalue weighted by molar-refractivity contribution is 0.304. The molecule has 0 N–H and O–H groups in total. The van der Waals surface area contributed by atoms with Crippen molar-refractivity contribution in [1.82, 2.24) is 14.9 Å². The summed E-state index contributed by atoms with van der Waals surface area (Å²) in [6.45, 7) is 2.01. The van der Waals surface area contributed by atoms with Crippen molar-refractivity contribution in [2.45, 2.75) is 13.0 Å². The molecule has 1 aromatic rings. The van der Waals surface area contributed by atoms with Crippen LogP contribution in [-0.4, -0.2) is 35.6 Å². The van der Waals surface area contributed by atoms with E-state index in [1.165, 1.54) is 5.56 Å². The third-order valence-electron chi connectivity index (χ3n) is 2.29. The van der Waals surface area contributed by atoms with E-state index in [9.17, 15) is 0 Å². The van der Waals surface area contributed by atoms with E-state index in [2.05, 4.69) is 21.9 Å². The molecular formula is C9H13N3O. The van der Waals surface area contributed by atoms with E-state index in [0.29, 0.717) is 6.01 Å². The Bertz CT molecular complexity index is 314. The van der Waals surface area contributed by atoms with Crippen molar-refractivity contribution in [3.05, 3.63) is 17.5 Å². The molecule has 13 heavy (non-hydrogen) atoms. The molecule has 0 amide bonds. The number of hydrogen-bond acceptors (Lipinski definition) is 4. The predicted molar refractivity (Wildman–Crippen MR) is 48.6 cm³/mol. The van der Waals surface area contributed by atoms with E-state index in [1.54, 1.807) is 7.11 Å². The Kier molecular flexibility index (Phi) is 2.14. The lowest BCUT2D eigenvalue weighted by atomic mass is 10.1. The van der Waals surface area contributed by atoms with Crippen LogP contribution < -0.4 is 4.74 Å². The van der Waals surface area contributed by atoms with Crippen LogP contribution in [0.4, 0.5) is 0 Å². The molecule has 1 aromatic heterocycles. The number of aromatic nitrogens is 2. The maximum absolute atomic E-state index is 4.97. The van der Waals surface area contributed by atoms with Crippen LogP contribution >= 0.6 is 0 Å². The molecule has 4 heteroatoms. The third-order valence-corrected chi connectivity index (χ3v) is 2.29. The first kappa shape index (κ1) is 8.44. The Morgan fingerprint density at radius 3 is 3.15 bits per heavy atom. The fourth-order valence-corrected chi connectivity index (χ4v) is 1.54. The van der Waals surface area contributed by atoms with Crippen molar-refractivity contribution in [1.29, 1.82) is 0 Å². The number of hydrogen-bond donors (Lipinski definition) is 0. The summed E-state index contributed by atoms with van der Waals surface area (Å²) in [6.07, 6.45) is 2.85. The van der Waals surface area contributed by atoms with Gasteiger partial charge in [0.15, 0.2) is 0 Å². The van der Waals surface area contributed by atoms with E-state index in [-0.39, 0.29) is 0 Å². The quantitative estimate of drug-likeness (QED) is 0.628. The molecule has 4 nitrogen and oxygen atoms in total. The number of fused-ring (bicyclic) bond motifs is 1. The first-order valence-electron chi connectivity index (χ1n) is 4.37. The minimum atomic E-state index is 0.475. The third kappa shape index (κ3) is 1.62. The predicted octanol–water partition coefficient (Wildman–Crippen LogP) is 0.473. The van der Waals surface area contributed by atoms with Crippen molar-refractivity contribution in [2.75, 3.05) is 20.7 Å². The maximum atomic E-state index is 4.97. The van der Waals surface area contributed by atoms with Gasteiger partial charge >= 0.3 is 6.01 Å². The van der Waals surface area contributed by atoms with Gasteiger partial charge in [-0.05, 0) is 7.05 Å². The molecule has 1 aliphatic rings. The topological polar surface area (TPSA) is 38.3 Å². The summed E-state index contributed by atoms with van der Waals surface area (Å²) in [5.41, 5.74) is 2.35. The second-order valence-corrected chi connectivity index (χ2v) is 3.32. The summed E-state index contributed by atoms with van der Waals surface area (Å²) in [5.74, 6) is 0. The largest absolute Gasteiger partial charge is 0.467 e. The SMILES string of the molecule is COc1ncc2c(n1)CCN(C)C2. The molecule has 0 unspecified atom stereocenters. The Labute approximate surface area is 77.6 Å². The first-order chi connectivity index (χ1) is 6.29. The van der Waals surface area contributed by atoms with Gasteiger partial charge in [-0.1, -0.05) is 0 Å². The molecule has 0 saturated heterocycles. The molecule has 0 bridgehead atoms. The van der Waals surface area contributed by atoms with Crippen LogP contribution in [0.25, 0.3) is 0 Å². The summed E-state index contributed by atoms with van der Waals surface area (Å²) < 4.78 is 4.97. The zero-order chi connectivity index (χ0) is 9.26. The summed E-state index contributed by atoms with van der Waals surface area (Å²) in [6, 6.07) is 0.475. The summed E-state index contributed by atoms with van der Waals surface area (Å²) in [7, 11) is 3.70. The first-order valence-corrected chi connectivity index (χ1v) is 4.37. The van der Waals surface area contributed by atoms with Crippen LogP contribution in [0.2, 0.25) is 0 Å². The molecule has 0 aromatic carbocycles. The van der Waals surface area contributed by atoms with Crippen molar-refractivity contribution in [3.8, 4) is 6.01 Å². The molecule has 0 saturated carbocycles. The molecule has 2 rings (SSSR count). The minimum Gasteiger partial charge on any atom is -0.467 e. The van der Waals surface area contributed by atoms with Gasteiger partial charge in [-0.15, -0.1) is 0 Å². The van der Waals surface area contributed by atoms with Gasteiger partial charge in [0.1, 0.15) is 0 Å². The zero-order valence-corrected chi connectivity index (χ0v) is 7.95. The number of likely N-dealkylation sites (N-methyl/N-ethyl adjacent to an activating group) is 1. The molecule has 2 heterocycles. The van der Waals surface area contributed by atoms with Gasteiger partial charge < -0.3 is 9.64 Å². The lowest BCUT2D eigenvalue weighted by Gasteiger charge is -2.23. The van der Waals surface area contributed by atoms with E-state index in [1.807, 2.05) is 6.20 Å². The van der Waals surface area contributed by atoms with Crippen molar-refractivity contribution in [2.24, 2.45) is 0 Å². The Morgan fingerprint density at radius 1 is 1.54 bits per heavy atom. The molecular weight excluding hydrogens is 166 g/mol. The number of nitrogens with zero attached hydrogens (tertiary/aromatic N) is 3. The Morgan fingerprint density at radius 2 is 2.38 bits per heavy atom. The fraction of sp³-hybridized carbons (Fsp3) is 0.556. The van der Waals surface area contributed by atoms with Gasteiger partial charge in [-0.25, -0.2) is 4.98 Å². The normalized spacial score (nSPS) is 16.8. The lowest BCUT2D eigenvalue weighted by Crippen LogP contribution is -2.27. The Balaban J connectivity index is 2.31. The van der Waals surface area contributed by atoms with Crippen molar-refractivity contribution < 1.29 is 4.74 Å². The van der Waals surface area contributed by atoms with E-state index < -0.39 is 0 Å². The van der Waals surface area contributed by atoms with Crippen LogP contribution in [0.3, 0.4) is 0 Å². The van der Waals surface area contributed by atoms with Gasteiger partial charge in [-0.3, -0.25) is 0 Å². The highest BCUT2D eigenvalue weighted by atomic mass is 16.5. The zero-order valence-electron chi connectivity index (χ0n) is 7.95. The molecule has 70 valence electrons. The highest BCUT2D eigenvalue weighted by Crippen LogP contribution is 2.16. The van der Waals surface area contributed by atoms with Gasteiger partial charge in [0, 0.05) is 31.3 Å². The molecule has 0 radical (unpaired) electrons. The van der Waals surface area contributed by atoms with Crippen LogP contribution in [0.5, 0.6) is 6.01 Å². The van der Waals surface area contributed by atoms with Crippen LogP contribution in [-0.2, 0) is 13.0 Å². The van der Waals surface area contributed by atoms with Crippen LogP contribution in [0.1, 0.15) is 11.3 Å². The summed E-state index contributed by atoms with van der Waals surface area (Å²) in [4.78, 5) is 10.7. The Hall–Kier alpha value is -1.16. The van der Waals surface area contributed by atoms with Gasteiger partial charge in [0.05, 0.1) is 12.8 Å². The van der Waals surface area contributed by atoms with Gasteiger partial charge in [-0.2, -0.15) is 4.98 Å². The summed E-state index contributed by atoms with van der Waals surface area (Å²) >= 11 is 0. The molecule has 0 spiro atoms. The van der Waals surface area contributed by atoms with E-state index >= 15 is 0 Å². The monoisotopic (exact) mass is 179 g/mol. The molecule has 0 aliphatic carbocycles.